The summed E-state index contributed by atoms with van der Waals surface area (Å²) in [6.07, 6.45) is 2.64. The number of hydrogen-bond donors (Lipinski definition) is 0. The Morgan fingerprint density at radius 2 is 1.97 bits per heavy atom. The summed E-state index contributed by atoms with van der Waals surface area (Å²) in [5.41, 5.74) is 2.87. The van der Waals surface area contributed by atoms with Gasteiger partial charge >= 0.3 is 0 Å². The van der Waals surface area contributed by atoms with E-state index in [0.29, 0.717) is 30.8 Å². The molecule has 30 heavy (non-hydrogen) atoms. The van der Waals surface area contributed by atoms with Crippen LogP contribution >= 0.6 is 0 Å². The van der Waals surface area contributed by atoms with Gasteiger partial charge < -0.3 is 4.90 Å². The monoisotopic (exact) mass is 409 g/mol. The molecule has 0 atom stereocenters. The number of carbonyl (C=O) groups is 1. The van der Waals surface area contributed by atoms with E-state index in [1.54, 1.807) is 12.3 Å². The van der Waals surface area contributed by atoms with Gasteiger partial charge in [-0.3, -0.25) is 9.69 Å². The molecule has 158 valence electrons. The SMILES string of the molecule is Cc1nc2c(cnn2C(C)C)cc1C(=O)N1CCCN(Cc2ccccc2F)CC1. The van der Waals surface area contributed by atoms with Crippen LogP contribution in [0.2, 0.25) is 0 Å². The summed E-state index contributed by atoms with van der Waals surface area (Å²) in [5, 5.41) is 5.30. The van der Waals surface area contributed by atoms with Gasteiger partial charge in [0, 0.05) is 49.7 Å². The standard InChI is InChI=1S/C23H28FN5O/c1-16(2)29-22-19(14-25-29)13-20(17(3)26-22)23(30)28-10-6-9-27(11-12-28)15-18-7-4-5-8-21(18)24/h4-5,7-8,13-14,16H,6,9-12,15H2,1-3H3. The molecule has 0 unspecified atom stereocenters. The molecule has 0 bridgehead atoms. The fraction of sp³-hybridized carbons (Fsp3) is 0.435. The minimum atomic E-state index is -0.174. The first-order chi connectivity index (χ1) is 14.4. The van der Waals surface area contributed by atoms with Gasteiger partial charge in [0.2, 0.25) is 0 Å². The highest BCUT2D eigenvalue weighted by Crippen LogP contribution is 2.21. The molecule has 1 aromatic carbocycles. The van der Waals surface area contributed by atoms with E-state index in [1.807, 2.05) is 34.7 Å². The number of benzene rings is 1. The zero-order valence-electron chi connectivity index (χ0n) is 17.8. The van der Waals surface area contributed by atoms with Gasteiger partial charge in [0.1, 0.15) is 5.82 Å². The van der Waals surface area contributed by atoms with Crippen molar-refractivity contribution in [3.8, 4) is 0 Å². The lowest BCUT2D eigenvalue weighted by atomic mass is 10.1. The highest BCUT2D eigenvalue weighted by Gasteiger charge is 2.23. The second-order valence-electron chi connectivity index (χ2n) is 8.23. The van der Waals surface area contributed by atoms with Crippen molar-refractivity contribution in [3.63, 3.8) is 0 Å². The van der Waals surface area contributed by atoms with Crippen LogP contribution in [0.15, 0.2) is 36.5 Å². The number of nitrogens with zero attached hydrogens (tertiary/aromatic N) is 5. The fourth-order valence-corrected chi connectivity index (χ4v) is 4.03. The van der Waals surface area contributed by atoms with Gasteiger partial charge in [-0.25, -0.2) is 14.1 Å². The zero-order chi connectivity index (χ0) is 21.3. The van der Waals surface area contributed by atoms with Crippen molar-refractivity contribution >= 4 is 16.9 Å². The zero-order valence-corrected chi connectivity index (χ0v) is 17.8. The van der Waals surface area contributed by atoms with Gasteiger partial charge in [0.25, 0.3) is 5.91 Å². The average Bonchev–Trinajstić information content (AvgIpc) is 2.98. The van der Waals surface area contributed by atoms with Crippen LogP contribution in [0.1, 0.15) is 47.9 Å². The second kappa shape index (κ2) is 8.52. The molecular weight excluding hydrogens is 381 g/mol. The van der Waals surface area contributed by atoms with Crippen LogP contribution in [0.4, 0.5) is 4.39 Å². The molecule has 1 aliphatic heterocycles. The smallest absolute Gasteiger partial charge is 0.255 e. The topological polar surface area (TPSA) is 54.3 Å². The van der Waals surface area contributed by atoms with E-state index < -0.39 is 0 Å². The first-order valence-electron chi connectivity index (χ1n) is 10.5. The molecule has 2 aromatic heterocycles. The molecule has 1 fully saturated rings. The molecule has 1 saturated heterocycles. The van der Waals surface area contributed by atoms with Gasteiger partial charge in [0.15, 0.2) is 5.65 Å². The summed E-state index contributed by atoms with van der Waals surface area (Å²) in [4.78, 5) is 22.0. The highest BCUT2D eigenvalue weighted by molar-refractivity contribution is 5.98. The third-order valence-corrected chi connectivity index (χ3v) is 5.71. The van der Waals surface area contributed by atoms with Crippen LogP contribution < -0.4 is 0 Å². The van der Waals surface area contributed by atoms with E-state index in [1.165, 1.54) is 6.07 Å². The van der Waals surface area contributed by atoms with Gasteiger partial charge in [-0.1, -0.05) is 18.2 Å². The molecule has 3 heterocycles. The number of pyridine rings is 1. The summed E-state index contributed by atoms with van der Waals surface area (Å²) < 4.78 is 15.9. The molecule has 0 radical (unpaired) electrons. The molecule has 4 rings (SSSR count). The van der Waals surface area contributed by atoms with Crippen LogP contribution in [0.5, 0.6) is 0 Å². The Labute approximate surface area is 176 Å². The Balaban J connectivity index is 1.49. The molecule has 3 aromatic rings. The molecule has 0 aliphatic carbocycles. The van der Waals surface area contributed by atoms with Crippen molar-refractivity contribution < 1.29 is 9.18 Å². The largest absolute Gasteiger partial charge is 0.337 e. The minimum absolute atomic E-state index is 0.00642. The minimum Gasteiger partial charge on any atom is -0.337 e. The average molecular weight is 410 g/mol. The number of aryl methyl sites for hydroxylation is 1. The lowest BCUT2D eigenvalue weighted by molar-refractivity contribution is 0.0760. The van der Waals surface area contributed by atoms with E-state index in [-0.39, 0.29) is 17.8 Å². The van der Waals surface area contributed by atoms with Crippen molar-refractivity contribution in [2.45, 2.75) is 39.8 Å². The molecule has 6 nitrogen and oxygen atoms in total. The number of carbonyl (C=O) groups excluding carboxylic acids is 1. The van der Waals surface area contributed by atoms with E-state index >= 15 is 0 Å². The molecule has 0 saturated carbocycles. The van der Waals surface area contributed by atoms with Crippen molar-refractivity contribution in [2.75, 3.05) is 26.2 Å². The maximum absolute atomic E-state index is 14.0. The molecular formula is C23H28FN5O. The lowest BCUT2D eigenvalue weighted by Crippen LogP contribution is -2.35. The predicted molar refractivity (Wildman–Crippen MR) is 115 cm³/mol. The third kappa shape index (κ3) is 4.07. The molecule has 7 heteroatoms. The number of halogens is 1. The van der Waals surface area contributed by atoms with Crippen molar-refractivity contribution in [2.24, 2.45) is 0 Å². The van der Waals surface area contributed by atoms with Crippen LogP contribution in [0.3, 0.4) is 0 Å². The first-order valence-corrected chi connectivity index (χ1v) is 10.5. The number of rotatable bonds is 4. The normalized spacial score (nSPS) is 15.7. The Bertz CT molecular complexity index is 1060. The van der Waals surface area contributed by atoms with Gasteiger partial charge in [-0.15, -0.1) is 0 Å². The predicted octanol–water partition coefficient (Wildman–Crippen LogP) is 3.81. The number of amides is 1. The first kappa shape index (κ1) is 20.5. The van der Waals surface area contributed by atoms with Crippen LogP contribution in [-0.2, 0) is 6.54 Å². The Morgan fingerprint density at radius 3 is 2.73 bits per heavy atom. The van der Waals surface area contributed by atoms with Crippen LogP contribution in [-0.4, -0.2) is 56.7 Å². The lowest BCUT2D eigenvalue weighted by Gasteiger charge is -2.23. The molecule has 0 N–H and O–H groups in total. The molecule has 1 aliphatic rings. The summed E-state index contributed by atoms with van der Waals surface area (Å²) in [5.74, 6) is -0.168. The maximum atomic E-state index is 14.0. The van der Waals surface area contributed by atoms with E-state index in [0.717, 1.165) is 36.2 Å². The summed E-state index contributed by atoms with van der Waals surface area (Å²) in [6, 6.07) is 9.01. The Hall–Kier alpha value is -2.80. The Kier molecular flexibility index (Phi) is 5.81. The quantitative estimate of drug-likeness (QED) is 0.658. The van der Waals surface area contributed by atoms with Gasteiger partial charge in [-0.2, -0.15) is 5.10 Å². The maximum Gasteiger partial charge on any atom is 0.255 e. The van der Waals surface area contributed by atoms with E-state index in [9.17, 15) is 9.18 Å². The Morgan fingerprint density at radius 1 is 1.17 bits per heavy atom. The van der Waals surface area contributed by atoms with E-state index in [4.69, 9.17) is 0 Å². The number of hydrogen-bond acceptors (Lipinski definition) is 4. The van der Waals surface area contributed by atoms with Crippen molar-refractivity contribution in [3.05, 3.63) is 59.2 Å². The van der Waals surface area contributed by atoms with Crippen molar-refractivity contribution in [1.82, 2.24) is 24.6 Å². The molecule has 1 amide bonds. The van der Waals surface area contributed by atoms with Gasteiger partial charge in [0.05, 0.1) is 17.5 Å². The van der Waals surface area contributed by atoms with Gasteiger partial charge in [-0.05, 0) is 39.3 Å². The fourth-order valence-electron chi connectivity index (χ4n) is 4.03. The highest BCUT2D eigenvalue weighted by atomic mass is 19.1. The van der Waals surface area contributed by atoms with E-state index in [2.05, 4.69) is 28.8 Å². The molecule has 0 spiro atoms. The number of aromatic nitrogens is 3. The van der Waals surface area contributed by atoms with Crippen LogP contribution in [0.25, 0.3) is 11.0 Å². The summed E-state index contributed by atoms with van der Waals surface area (Å²) in [6.45, 7) is 9.45. The van der Waals surface area contributed by atoms with Crippen LogP contribution in [0, 0.1) is 12.7 Å². The number of fused-ring (bicyclic) bond motifs is 1. The summed E-state index contributed by atoms with van der Waals surface area (Å²) in [7, 11) is 0. The summed E-state index contributed by atoms with van der Waals surface area (Å²) >= 11 is 0. The second-order valence-corrected chi connectivity index (χ2v) is 8.23. The van der Waals surface area contributed by atoms with Crippen molar-refractivity contribution in [1.29, 1.82) is 0 Å². The third-order valence-electron chi connectivity index (χ3n) is 5.71.